The van der Waals surface area contributed by atoms with Crippen LogP contribution in [0.25, 0.3) is 22.4 Å². The fourth-order valence-electron chi connectivity index (χ4n) is 5.06. The van der Waals surface area contributed by atoms with Gasteiger partial charge >= 0.3 is 0 Å². The summed E-state index contributed by atoms with van der Waals surface area (Å²) in [4.78, 5) is 13.6. The number of hydrogen-bond acceptors (Lipinski definition) is 5. The number of pyridine rings is 1. The first-order valence-electron chi connectivity index (χ1n) is 13.5. The van der Waals surface area contributed by atoms with Gasteiger partial charge in [0.15, 0.2) is 0 Å². The monoisotopic (exact) mass is 523 g/mol. The summed E-state index contributed by atoms with van der Waals surface area (Å²) in [5.41, 5.74) is 10.1. The molecule has 1 aliphatic heterocycles. The zero-order chi connectivity index (χ0) is 27.5. The SMILES string of the molecule is CN1C=CN(c2cccc(N(C)c3cccc(-c4cc(-c5cccc(N(C)c6ccccc6)c5)ccn4)c3)c2)C1. The number of anilines is 5. The number of aromatic nitrogens is 1. The largest absolute Gasteiger partial charge is 0.361 e. The van der Waals surface area contributed by atoms with Crippen LogP contribution in [0.4, 0.5) is 28.4 Å². The highest BCUT2D eigenvalue weighted by Gasteiger charge is 2.13. The molecule has 0 fully saturated rings. The lowest BCUT2D eigenvalue weighted by Crippen LogP contribution is -2.21. The molecular weight excluding hydrogens is 490 g/mol. The molecule has 40 heavy (non-hydrogen) atoms. The van der Waals surface area contributed by atoms with E-state index < -0.39 is 0 Å². The van der Waals surface area contributed by atoms with Crippen molar-refractivity contribution in [3.63, 3.8) is 0 Å². The van der Waals surface area contributed by atoms with Gasteiger partial charge in [-0.15, -0.1) is 0 Å². The first-order chi connectivity index (χ1) is 19.5. The van der Waals surface area contributed by atoms with Gasteiger partial charge in [0, 0.05) is 73.7 Å². The Hall–Kier alpha value is -5.03. The van der Waals surface area contributed by atoms with Crippen molar-refractivity contribution in [2.24, 2.45) is 0 Å². The number of hydrogen-bond donors (Lipinski definition) is 0. The predicted octanol–water partition coefficient (Wildman–Crippen LogP) is 8.13. The Morgan fingerprint density at radius 2 is 1.18 bits per heavy atom. The number of benzene rings is 4. The minimum atomic E-state index is 0.857. The van der Waals surface area contributed by atoms with E-state index in [0.717, 1.165) is 51.8 Å². The van der Waals surface area contributed by atoms with Crippen molar-refractivity contribution in [2.45, 2.75) is 0 Å². The van der Waals surface area contributed by atoms with E-state index in [9.17, 15) is 0 Å². The molecule has 0 aliphatic carbocycles. The summed E-state index contributed by atoms with van der Waals surface area (Å²) in [7, 11) is 6.30. The van der Waals surface area contributed by atoms with Crippen molar-refractivity contribution in [2.75, 3.05) is 42.5 Å². The molecule has 0 N–H and O–H groups in total. The maximum Gasteiger partial charge on any atom is 0.0938 e. The molecular formula is C35H33N5. The number of para-hydroxylation sites is 1. The summed E-state index contributed by atoms with van der Waals surface area (Å²) >= 11 is 0. The molecule has 198 valence electrons. The summed E-state index contributed by atoms with van der Waals surface area (Å²) in [6.45, 7) is 0.857. The maximum absolute atomic E-state index is 4.74. The highest BCUT2D eigenvalue weighted by molar-refractivity contribution is 5.77. The molecule has 0 unspecified atom stereocenters. The van der Waals surface area contributed by atoms with Gasteiger partial charge in [0.1, 0.15) is 0 Å². The van der Waals surface area contributed by atoms with E-state index in [4.69, 9.17) is 4.98 Å². The van der Waals surface area contributed by atoms with E-state index in [1.807, 2.05) is 12.3 Å². The van der Waals surface area contributed by atoms with Gasteiger partial charge in [-0.05, 0) is 77.9 Å². The third-order valence-corrected chi connectivity index (χ3v) is 7.42. The second kappa shape index (κ2) is 11.0. The molecule has 5 nitrogen and oxygen atoms in total. The summed E-state index contributed by atoms with van der Waals surface area (Å²) in [5, 5.41) is 0. The lowest BCUT2D eigenvalue weighted by Gasteiger charge is -2.23. The van der Waals surface area contributed by atoms with Gasteiger partial charge in [-0.3, -0.25) is 4.98 Å². The van der Waals surface area contributed by atoms with Gasteiger partial charge in [0.2, 0.25) is 0 Å². The van der Waals surface area contributed by atoms with Crippen LogP contribution in [-0.2, 0) is 0 Å². The minimum absolute atomic E-state index is 0.857. The second-order valence-electron chi connectivity index (χ2n) is 10.2. The van der Waals surface area contributed by atoms with Crippen molar-refractivity contribution >= 4 is 28.4 Å². The molecule has 2 heterocycles. The Balaban J connectivity index is 1.26. The van der Waals surface area contributed by atoms with Crippen LogP contribution >= 0.6 is 0 Å². The normalized spacial score (nSPS) is 12.6. The van der Waals surface area contributed by atoms with Crippen LogP contribution in [0, 0.1) is 0 Å². The molecule has 0 atom stereocenters. The lowest BCUT2D eigenvalue weighted by atomic mass is 10.0. The van der Waals surface area contributed by atoms with Crippen molar-refractivity contribution in [3.05, 3.63) is 134 Å². The molecule has 0 saturated carbocycles. The number of rotatable bonds is 7. The van der Waals surface area contributed by atoms with E-state index in [1.54, 1.807) is 0 Å². The Bertz CT molecular complexity index is 1650. The van der Waals surface area contributed by atoms with Gasteiger partial charge in [-0.1, -0.05) is 48.5 Å². The molecule has 5 heteroatoms. The second-order valence-corrected chi connectivity index (χ2v) is 10.2. The Morgan fingerprint density at radius 3 is 1.90 bits per heavy atom. The van der Waals surface area contributed by atoms with Crippen LogP contribution in [0.3, 0.4) is 0 Å². The Labute approximate surface area is 236 Å². The Morgan fingerprint density at radius 1 is 0.575 bits per heavy atom. The third kappa shape index (κ3) is 5.27. The summed E-state index contributed by atoms with van der Waals surface area (Å²) < 4.78 is 0. The van der Waals surface area contributed by atoms with Crippen LogP contribution in [0.1, 0.15) is 0 Å². The fraction of sp³-hybridized carbons (Fsp3) is 0.114. The zero-order valence-corrected chi connectivity index (χ0v) is 23.1. The minimum Gasteiger partial charge on any atom is -0.361 e. The zero-order valence-electron chi connectivity index (χ0n) is 23.1. The van der Waals surface area contributed by atoms with Gasteiger partial charge in [-0.25, -0.2) is 0 Å². The van der Waals surface area contributed by atoms with Crippen molar-refractivity contribution in [1.29, 1.82) is 0 Å². The summed E-state index contributed by atoms with van der Waals surface area (Å²) in [5.74, 6) is 0. The van der Waals surface area contributed by atoms with E-state index >= 15 is 0 Å². The number of nitrogens with zero attached hydrogens (tertiary/aromatic N) is 5. The smallest absolute Gasteiger partial charge is 0.0938 e. The third-order valence-electron chi connectivity index (χ3n) is 7.42. The molecule has 0 bridgehead atoms. The quantitative estimate of drug-likeness (QED) is 0.215. The van der Waals surface area contributed by atoms with E-state index in [1.165, 1.54) is 5.69 Å². The van der Waals surface area contributed by atoms with Crippen molar-refractivity contribution in [1.82, 2.24) is 9.88 Å². The summed E-state index contributed by atoms with van der Waals surface area (Å²) in [6.07, 6.45) is 6.12. The molecule has 6 rings (SSSR count). The molecule has 0 saturated heterocycles. The molecule has 0 amide bonds. The van der Waals surface area contributed by atoms with Crippen LogP contribution < -0.4 is 14.7 Å². The van der Waals surface area contributed by atoms with Gasteiger partial charge < -0.3 is 19.6 Å². The van der Waals surface area contributed by atoms with Gasteiger partial charge in [0.05, 0.1) is 12.4 Å². The first-order valence-corrected chi connectivity index (χ1v) is 13.5. The fourth-order valence-corrected chi connectivity index (χ4v) is 5.06. The maximum atomic E-state index is 4.74. The standard InChI is InChI=1S/C35H33N5/c1-37-20-21-40(26-37)34-17-9-16-33(25-34)39(3)32-15-8-11-29(23-32)35-24-28(18-19-36-35)27-10-7-14-31(22-27)38(2)30-12-5-4-6-13-30/h4-25H,26H2,1-3H3. The van der Waals surface area contributed by atoms with Crippen LogP contribution in [0.15, 0.2) is 134 Å². The summed E-state index contributed by atoms with van der Waals surface area (Å²) in [6, 6.07) is 40.6. The van der Waals surface area contributed by atoms with Gasteiger partial charge in [-0.2, -0.15) is 0 Å². The molecule has 0 spiro atoms. The van der Waals surface area contributed by atoms with Crippen LogP contribution in [0.2, 0.25) is 0 Å². The molecule has 1 aromatic heterocycles. The highest BCUT2D eigenvalue weighted by atomic mass is 15.3. The van der Waals surface area contributed by atoms with Gasteiger partial charge in [0.25, 0.3) is 0 Å². The Kier molecular flexibility index (Phi) is 6.94. The van der Waals surface area contributed by atoms with E-state index in [-0.39, 0.29) is 0 Å². The van der Waals surface area contributed by atoms with E-state index in [0.29, 0.717) is 0 Å². The predicted molar refractivity (Wildman–Crippen MR) is 168 cm³/mol. The molecule has 5 aromatic rings. The van der Waals surface area contributed by atoms with Crippen LogP contribution in [-0.4, -0.2) is 37.7 Å². The van der Waals surface area contributed by atoms with Crippen LogP contribution in [0.5, 0.6) is 0 Å². The molecule has 4 aromatic carbocycles. The lowest BCUT2D eigenvalue weighted by molar-refractivity contribution is 0.496. The highest BCUT2D eigenvalue weighted by Crippen LogP contribution is 2.33. The first kappa shape index (κ1) is 25.3. The molecule has 0 radical (unpaired) electrons. The average Bonchev–Trinajstić information content (AvgIpc) is 3.47. The molecule has 1 aliphatic rings. The van der Waals surface area contributed by atoms with Crippen molar-refractivity contribution in [3.8, 4) is 22.4 Å². The van der Waals surface area contributed by atoms with Crippen molar-refractivity contribution < 1.29 is 0 Å². The topological polar surface area (TPSA) is 25.9 Å². The van der Waals surface area contributed by atoms with E-state index in [2.05, 4.69) is 162 Å². The average molecular weight is 524 g/mol.